The van der Waals surface area contributed by atoms with Gasteiger partial charge in [-0.2, -0.15) is 0 Å². The van der Waals surface area contributed by atoms with Crippen LogP contribution in [0.25, 0.3) is 0 Å². The number of amides is 1. The number of rotatable bonds is 3. The van der Waals surface area contributed by atoms with Gasteiger partial charge < -0.3 is 10.2 Å². The van der Waals surface area contributed by atoms with E-state index in [1.165, 1.54) is 0 Å². The Labute approximate surface area is 133 Å². The molecule has 1 amide bonds. The molecule has 0 atom stereocenters. The third kappa shape index (κ3) is 3.24. The molecule has 22 heavy (non-hydrogen) atoms. The Kier molecular flexibility index (Phi) is 4.33. The molecule has 0 aromatic carbocycles. The minimum atomic E-state index is 0.147. The molecule has 2 aromatic rings. The van der Waals surface area contributed by atoms with Crippen LogP contribution in [-0.2, 0) is 4.79 Å². The zero-order valence-corrected chi connectivity index (χ0v) is 13.6. The summed E-state index contributed by atoms with van der Waals surface area (Å²) < 4.78 is 0. The summed E-state index contributed by atoms with van der Waals surface area (Å²) in [6.45, 7) is 5.22. The lowest BCUT2D eigenvalue weighted by atomic mass is 9.93. The second kappa shape index (κ2) is 6.39. The van der Waals surface area contributed by atoms with E-state index in [1.807, 2.05) is 18.0 Å². The highest BCUT2D eigenvalue weighted by Gasteiger charge is 2.25. The quantitative estimate of drug-likeness (QED) is 0.942. The predicted octanol–water partition coefficient (Wildman–Crippen LogP) is 2.71. The molecule has 6 nitrogen and oxygen atoms in total. The summed E-state index contributed by atoms with van der Waals surface area (Å²) in [6.07, 6.45) is 7.10. The van der Waals surface area contributed by atoms with Crippen molar-refractivity contribution in [3.05, 3.63) is 29.2 Å². The molecule has 0 saturated carbocycles. The number of piperidine rings is 1. The van der Waals surface area contributed by atoms with Gasteiger partial charge in [0.2, 0.25) is 5.91 Å². The van der Waals surface area contributed by atoms with Gasteiger partial charge in [-0.15, -0.1) is 11.3 Å². The number of nitrogens with zero attached hydrogens (tertiary/aromatic N) is 4. The number of aryl methyl sites for hydroxylation is 1. The van der Waals surface area contributed by atoms with Crippen LogP contribution >= 0.6 is 11.3 Å². The van der Waals surface area contributed by atoms with Crippen molar-refractivity contribution in [1.82, 2.24) is 19.9 Å². The molecule has 3 rings (SSSR count). The second-order valence-electron chi connectivity index (χ2n) is 5.47. The van der Waals surface area contributed by atoms with Gasteiger partial charge >= 0.3 is 0 Å². The lowest BCUT2D eigenvalue weighted by Crippen LogP contribution is -2.36. The topological polar surface area (TPSA) is 71.0 Å². The molecule has 1 saturated heterocycles. The van der Waals surface area contributed by atoms with Crippen LogP contribution in [0.3, 0.4) is 0 Å². The van der Waals surface area contributed by atoms with Crippen LogP contribution in [0.15, 0.2) is 18.6 Å². The molecular formula is C15H19N5OS. The zero-order valence-electron chi connectivity index (χ0n) is 12.7. The molecular weight excluding hydrogens is 298 g/mol. The van der Waals surface area contributed by atoms with Crippen molar-refractivity contribution in [2.24, 2.45) is 0 Å². The molecule has 0 unspecified atom stereocenters. The van der Waals surface area contributed by atoms with Crippen molar-refractivity contribution in [1.29, 1.82) is 0 Å². The number of aromatic nitrogens is 3. The Morgan fingerprint density at radius 3 is 2.64 bits per heavy atom. The van der Waals surface area contributed by atoms with Crippen LogP contribution in [-0.4, -0.2) is 38.8 Å². The van der Waals surface area contributed by atoms with Crippen LogP contribution in [0.1, 0.15) is 36.3 Å². The normalized spacial score (nSPS) is 15.8. The lowest BCUT2D eigenvalue weighted by molar-refractivity contribution is -0.129. The van der Waals surface area contributed by atoms with Crippen molar-refractivity contribution >= 4 is 28.2 Å². The van der Waals surface area contributed by atoms with Gasteiger partial charge in [0.1, 0.15) is 0 Å². The average Bonchev–Trinajstić information content (AvgIpc) is 2.93. The van der Waals surface area contributed by atoms with E-state index in [1.54, 1.807) is 30.7 Å². The Morgan fingerprint density at radius 2 is 2.00 bits per heavy atom. The van der Waals surface area contributed by atoms with Gasteiger partial charge in [0.25, 0.3) is 0 Å². The smallest absolute Gasteiger partial charge is 0.219 e. The molecule has 1 N–H and O–H groups in total. The average molecular weight is 317 g/mol. The van der Waals surface area contributed by atoms with E-state index in [0.29, 0.717) is 5.92 Å². The monoisotopic (exact) mass is 317 g/mol. The number of likely N-dealkylation sites (tertiary alicyclic amines) is 1. The number of carbonyl (C=O) groups excluding carboxylic acids is 1. The van der Waals surface area contributed by atoms with Crippen LogP contribution in [0.5, 0.6) is 0 Å². The highest BCUT2D eigenvalue weighted by molar-refractivity contribution is 7.15. The van der Waals surface area contributed by atoms with Crippen LogP contribution < -0.4 is 5.32 Å². The van der Waals surface area contributed by atoms with E-state index >= 15 is 0 Å². The fraction of sp³-hybridized carbons (Fsp3) is 0.467. The van der Waals surface area contributed by atoms with Crippen LogP contribution in [0.2, 0.25) is 0 Å². The van der Waals surface area contributed by atoms with Gasteiger partial charge in [-0.1, -0.05) is 0 Å². The molecule has 116 valence electrons. The molecule has 0 spiro atoms. The number of nitrogens with one attached hydrogen (secondary N) is 1. The standard InChI is InChI=1S/C15H19N5OS/c1-10-9-18-15(22-10)19-14-13(16-5-6-17-14)12-3-7-20(8-4-12)11(2)21/h5-6,9,12H,3-4,7-8H2,1-2H3,(H,17,18,19). The van der Waals surface area contributed by atoms with Crippen molar-refractivity contribution in [2.45, 2.75) is 32.6 Å². The van der Waals surface area contributed by atoms with E-state index in [-0.39, 0.29) is 5.91 Å². The van der Waals surface area contributed by atoms with E-state index in [9.17, 15) is 4.79 Å². The largest absolute Gasteiger partial charge is 0.343 e. The van der Waals surface area contributed by atoms with Crippen molar-refractivity contribution in [2.75, 3.05) is 18.4 Å². The first-order valence-corrected chi connectivity index (χ1v) is 8.21. The van der Waals surface area contributed by atoms with Crippen LogP contribution in [0, 0.1) is 6.92 Å². The fourth-order valence-corrected chi connectivity index (χ4v) is 3.39. The molecule has 1 aliphatic heterocycles. The highest BCUT2D eigenvalue weighted by atomic mass is 32.1. The molecule has 3 heterocycles. The minimum absolute atomic E-state index is 0.147. The molecule has 1 fully saturated rings. The van der Waals surface area contributed by atoms with E-state index in [2.05, 4.69) is 20.3 Å². The lowest BCUT2D eigenvalue weighted by Gasteiger charge is -2.31. The first-order chi connectivity index (χ1) is 10.6. The van der Waals surface area contributed by atoms with Crippen LogP contribution in [0.4, 0.5) is 10.9 Å². The number of hydrogen-bond acceptors (Lipinski definition) is 6. The molecule has 0 aliphatic carbocycles. The third-order valence-corrected chi connectivity index (χ3v) is 4.73. The summed E-state index contributed by atoms with van der Waals surface area (Å²) in [5, 5.41) is 4.11. The maximum absolute atomic E-state index is 11.4. The SMILES string of the molecule is CC(=O)N1CCC(c2nccnc2Nc2ncc(C)s2)CC1. The Bertz CT molecular complexity index is 663. The molecule has 7 heteroatoms. The molecule has 2 aromatic heterocycles. The summed E-state index contributed by atoms with van der Waals surface area (Å²) >= 11 is 1.60. The second-order valence-corrected chi connectivity index (χ2v) is 6.71. The van der Waals surface area contributed by atoms with E-state index in [4.69, 9.17) is 0 Å². The maximum atomic E-state index is 11.4. The third-order valence-electron chi connectivity index (χ3n) is 3.90. The van der Waals surface area contributed by atoms with Gasteiger partial charge in [0.05, 0.1) is 5.69 Å². The summed E-state index contributed by atoms with van der Waals surface area (Å²) in [4.78, 5) is 27.7. The highest BCUT2D eigenvalue weighted by Crippen LogP contribution is 2.32. The Hall–Kier alpha value is -2.02. The number of carbonyl (C=O) groups is 1. The maximum Gasteiger partial charge on any atom is 0.219 e. The van der Waals surface area contributed by atoms with Gasteiger partial charge in [0, 0.05) is 49.4 Å². The minimum Gasteiger partial charge on any atom is -0.343 e. The predicted molar refractivity (Wildman–Crippen MR) is 86.4 cm³/mol. The van der Waals surface area contributed by atoms with Crippen molar-refractivity contribution in [3.63, 3.8) is 0 Å². The van der Waals surface area contributed by atoms with Gasteiger partial charge in [-0.3, -0.25) is 9.78 Å². The van der Waals surface area contributed by atoms with Crippen molar-refractivity contribution in [3.8, 4) is 0 Å². The number of thiazole rings is 1. The van der Waals surface area contributed by atoms with Crippen molar-refractivity contribution < 1.29 is 4.79 Å². The first kappa shape index (κ1) is 14.9. The summed E-state index contributed by atoms with van der Waals surface area (Å²) in [6, 6.07) is 0. The Balaban J connectivity index is 1.75. The van der Waals surface area contributed by atoms with Gasteiger partial charge in [-0.25, -0.2) is 9.97 Å². The molecule has 0 bridgehead atoms. The zero-order chi connectivity index (χ0) is 15.5. The number of hydrogen-bond donors (Lipinski definition) is 1. The summed E-state index contributed by atoms with van der Waals surface area (Å²) in [5.74, 6) is 1.25. The van der Waals surface area contributed by atoms with E-state index in [0.717, 1.165) is 47.5 Å². The first-order valence-electron chi connectivity index (χ1n) is 7.39. The number of anilines is 2. The summed E-state index contributed by atoms with van der Waals surface area (Å²) in [7, 11) is 0. The van der Waals surface area contributed by atoms with E-state index < -0.39 is 0 Å². The summed E-state index contributed by atoms with van der Waals surface area (Å²) in [5.41, 5.74) is 0.971. The molecule has 1 aliphatic rings. The van der Waals surface area contributed by atoms with Gasteiger partial charge in [0.15, 0.2) is 10.9 Å². The fourth-order valence-electron chi connectivity index (χ4n) is 2.73. The Morgan fingerprint density at radius 1 is 1.27 bits per heavy atom. The van der Waals surface area contributed by atoms with Gasteiger partial charge in [-0.05, 0) is 19.8 Å². The molecule has 0 radical (unpaired) electrons.